The van der Waals surface area contributed by atoms with Crippen LogP contribution in [0.4, 0.5) is 0 Å². The van der Waals surface area contributed by atoms with Gasteiger partial charge < -0.3 is 4.42 Å². The molecule has 1 aromatic heterocycles. The largest absolute Gasteiger partial charge is 0.469 e. The molecule has 1 aromatic rings. The fourth-order valence-corrected chi connectivity index (χ4v) is 0.786. The van der Waals surface area contributed by atoms with Crippen molar-refractivity contribution < 1.29 is 9.21 Å². The van der Waals surface area contributed by atoms with E-state index in [-0.39, 0.29) is 0 Å². The Morgan fingerprint density at radius 2 is 2.45 bits per heavy atom. The number of hydrogen-bond acceptors (Lipinski definition) is 2. The van der Waals surface area contributed by atoms with Gasteiger partial charge in [0.05, 0.1) is 6.26 Å². The molecule has 11 heavy (non-hydrogen) atoms. The van der Waals surface area contributed by atoms with Crippen LogP contribution in [0, 0.1) is 6.92 Å². The van der Waals surface area contributed by atoms with Crippen LogP contribution in [0.15, 0.2) is 22.8 Å². The highest BCUT2D eigenvalue weighted by Crippen LogP contribution is 2.10. The smallest absolute Gasteiger partial charge is 0.245 e. The second kappa shape index (κ2) is 3.39. The Bertz CT molecular complexity index is 286. The van der Waals surface area contributed by atoms with Gasteiger partial charge in [-0.25, -0.2) is 0 Å². The van der Waals surface area contributed by atoms with E-state index in [0.717, 1.165) is 11.3 Å². The summed E-state index contributed by atoms with van der Waals surface area (Å²) < 4.78 is 4.99. The molecule has 1 rings (SSSR count). The molecule has 1 heterocycles. The van der Waals surface area contributed by atoms with Crippen molar-refractivity contribution >= 4 is 22.9 Å². The van der Waals surface area contributed by atoms with Crippen LogP contribution in [0.25, 0.3) is 6.08 Å². The molecule has 0 atom stereocenters. The Morgan fingerprint density at radius 3 is 2.91 bits per heavy atom. The molecule has 0 aliphatic carbocycles. The predicted octanol–water partition coefficient (Wildman–Crippen LogP) is 2.37. The van der Waals surface area contributed by atoms with Crippen LogP contribution in [0.3, 0.4) is 0 Å². The Hall–Kier alpha value is -1.02. The monoisotopic (exact) mass is 170 g/mol. The Balaban J connectivity index is 2.79. The lowest BCUT2D eigenvalue weighted by atomic mass is 10.2. The van der Waals surface area contributed by atoms with Crippen molar-refractivity contribution in [3.63, 3.8) is 0 Å². The number of furan rings is 1. The third-order valence-electron chi connectivity index (χ3n) is 1.29. The molecule has 0 aliphatic rings. The summed E-state index contributed by atoms with van der Waals surface area (Å²) in [6.07, 6.45) is 4.47. The van der Waals surface area contributed by atoms with E-state index in [1.165, 1.54) is 6.08 Å². The number of aryl methyl sites for hydroxylation is 1. The lowest BCUT2D eigenvalue weighted by molar-refractivity contribution is -0.107. The summed E-state index contributed by atoms with van der Waals surface area (Å²) in [6, 6.07) is 1.77. The highest BCUT2D eigenvalue weighted by atomic mass is 35.5. The van der Waals surface area contributed by atoms with Crippen LogP contribution in [-0.2, 0) is 4.79 Å². The average molecular weight is 171 g/mol. The van der Waals surface area contributed by atoms with Gasteiger partial charge in [-0.15, -0.1) is 0 Å². The van der Waals surface area contributed by atoms with E-state index in [4.69, 9.17) is 16.0 Å². The first-order valence-electron chi connectivity index (χ1n) is 3.12. The van der Waals surface area contributed by atoms with E-state index in [9.17, 15) is 4.79 Å². The first kappa shape index (κ1) is 8.08. The third-order valence-corrected chi connectivity index (χ3v) is 1.42. The van der Waals surface area contributed by atoms with Gasteiger partial charge in [0.25, 0.3) is 0 Å². The molecule has 58 valence electrons. The summed E-state index contributed by atoms with van der Waals surface area (Å²) in [4.78, 5) is 10.3. The third kappa shape index (κ3) is 2.24. The summed E-state index contributed by atoms with van der Waals surface area (Å²) in [6.45, 7) is 1.82. The van der Waals surface area contributed by atoms with Crippen molar-refractivity contribution in [1.82, 2.24) is 0 Å². The minimum Gasteiger partial charge on any atom is -0.469 e. The van der Waals surface area contributed by atoms with Gasteiger partial charge in [-0.2, -0.15) is 0 Å². The van der Waals surface area contributed by atoms with Crippen LogP contribution in [0.5, 0.6) is 0 Å². The molecular weight excluding hydrogens is 164 g/mol. The van der Waals surface area contributed by atoms with E-state index in [2.05, 4.69) is 0 Å². The van der Waals surface area contributed by atoms with Gasteiger partial charge in [0, 0.05) is 5.56 Å². The number of rotatable bonds is 2. The van der Waals surface area contributed by atoms with Crippen molar-refractivity contribution in [3.8, 4) is 0 Å². The molecule has 0 radical (unpaired) electrons. The van der Waals surface area contributed by atoms with Crippen molar-refractivity contribution in [2.75, 3.05) is 0 Å². The fourth-order valence-electron chi connectivity index (χ4n) is 0.723. The van der Waals surface area contributed by atoms with Gasteiger partial charge in [0.15, 0.2) is 0 Å². The molecule has 0 saturated carbocycles. The number of carbonyl (C=O) groups excluding carboxylic acids is 1. The standard InChI is InChI=1S/C8H7ClO2/c1-6-7(4-5-11-6)2-3-8(9)10/h2-5H,1H3/b3-2+. The van der Waals surface area contributed by atoms with Gasteiger partial charge in [-0.3, -0.25) is 4.79 Å². The van der Waals surface area contributed by atoms with Gasteiger partial charge >= 0.3 is 0 Å². The summed E-state index contributed by atoms with van der Waals surface area (Å²) in [5, 5.41) is -0.481. The molecule has 0 aromatic carbocycles. The van der Waals surface area contributed by atoms with Crippen LogP contribution in [0.1, 0.15) is 11.3 Å². The maximum Gasteiger partial charge on any atom is 0.245 e. The zero-order valence-corrected chi connectivity index (χ0v) is 6.76. The average Bonchev–Trinajstić information content (AvgIpc) is 2.31. The first-order chi connectivity index (χ1) is 5.20. The molecular formula is C8H7ClO2. The van der Waals surface area contributed by atoms with Crippen LogP contribution < -0.4 is 0 Å². The molecule has 0 unspecified atom stereocenters. The second-order valence-corrected chi connectivity index (χ2v) is 2.44. The summed E-state index contributed by atoms with van der Waals surface area (Å²) in [7, 11) is 0. The van der Waals surface area contributed by atoms with Gasteiger partial charge in [0.1, 0.15) is 5.76 Å². The molecule has 0 amide bonds. The normalized spacial score (nSPS) is 10.7. The maximum absolute atomic E-state index is 10.3. The first-order valence-corrected chi connectivity index (χ1v) is 3.49. The topological polar surface area (TPSA) is 30.2 Å². The second-order valence-electron chi connectivity index (χ2n) is 2.07. The highest BCUT2D eigenvalue weighted by Gasteiger charge is 1.95. The molecule has 0 fully saturated rings. The lowest BCUT2D eigenvalue weighted by Gasteiger charge is -1.84. The zero-order chi connectivity index (χ0) is 8.27. The number of carbonyl (C=O) groups is 1. The molecule has 3 heteroatoms. The number of halogens is 1. The van der Waals surface area contributed by atoms with E-state index >= 15 is 0 Å². The predicted molar refractivity (Wildman–Crippen MR) is 43.3 cm³/mol. The molecule has 0 spiro atoms. The van der Waals surface area contributed by atoms with Crippen LogP contribution in [-0.4, -0.2) is 5.24 Å². The Morgan fingerprint density at radius 1 is 1.73 bits per heavy atom. The summed E-state index contributed by atoms with van der Waals surface area (Å²) in [5.74, 6) is 0.777. The van der Waals surface area contributed by atoms with E-state index in [1.807, 2.05) is 6.92 Å². The quantitative estimate of drug-likeness (QED) is 0.504. The molecule has 0 N–H and O–H groups in total. The highest BCUT2D eigenvalue weighted by molar-refractivity contribution is 6.66. The Labute approximate surface area is 69.5 Å². The van der Waals surface area contributed by atoms with Crippen molar-refractivity contribution in [2.45, 2.75) is 6.92 Å². The number of hydrogen-bond donors (Lipinski definition) is 0. The maximum atomic E-state index is 10.3. The minimum absolute atomic E-state index is 0.481. The summed E-state index contributed by atoms with van der Waals surface area (Å²) >= 11 is 5.09. The lowest BCUT2D eigenvalue weighted by Crippen LogP contribution is -1.75. The molecule has 0 aliphatic heterocycles. The fraction of sp³-hybridized carbons (Fsp3) is 0.125. The van der Waals surface area contributed by atoms with Crippen molar-refractivity contribution in [2.24, 2.45) is 0 Å². The van der Waals surface area contributed by atoms with E-state index in [0.29, 0.717) is 0 Å². The van der Waals surface area contributed by atoms with Crippen molar-refractivity contribution in [3.05, 3.63) is 29.7 Å². The Kier molecular flexibility index (Phi) is 2.49. The van der Waals surface area contributed by atoms with Crippen LogP contribution in [0.2, 0.25) is 0 Å². The van der Waals surface area contributed by atoms with E-state index < -0.39 is 5.24 Å². The summed E-state index contributed by atoms with van der Waals surface area (Å²) in [5.41, 5.74) is 0.874. The van der Waals surface area contributed by atoms with E-state index in [1.54, 1.807) is 18.4 Å². The van der Waals surface area contributed by atoms with Crippen molar-refractivity contribution in [1.29, 1.82) is 0 Å². The molecule has 0 bridgehead atoms. The zero-order valence-electron chi connectivity index (χ0n) is 6.00. The minimum atomic E-state index is -0.481. The number of allylic oxidation sites excluding steroid dienone is 1. The van der Waals surface area contributed by atoms with Gasteiger partial charge in [-0.05, 0) is 36.7 Å². The SMILES string of the molecule is Cc1occc1/C=C/C(=O)Cl. The molecule has 2 nitrogen and oxygen atoms in total. The molecule has 0 saturated heterocycles. The van der Waals surface area contributed by atoms with Gasteiger partial charge in [0.2, 0.25) is 5.24 Å². The van der Waals surface area contributed by atoms with Crippen LogP contribution >= 0.6 is 11.6 Å². The van der Waals surface area contributed by atoms with Gasteiger partial charge in [-0.1, -0.05) is 0 Å².